The second-order valence-corrected chi connectivity index (χ2v) is 7.51. The Bertz CT molecular complexity index is 568. The Morgan fingerprint density at radius 2 is 2.00 bits per heavy atom. The van der Waals surface area contributed by atoms with Crippen molar-refractivity contribution in [3.05, 3.63) is 35.9 Å². The van der Waals surface area contributed by atoms with Crippen LogP contribution < -0.4 is 0 Å². The predicted molar refractivity (Wildman–Crippen MR) is 90.4 cm³/mol. The maximum Gasteiger partial charge on any atom is 0.412 e. The Balaban J connectivity index is 1.72. The molecule has 3 atom stereocenters. The first-order valence-electron chi connectivity index (χ1n) is 8.68. The summed E-state index contributed by atoms with van der Waals surface area (Å²) in [7, 11) is 0. The summed E-state index contributed by atoms with van der Waals surface area (Å²) in [5.74, 6) is 0.457. The van der Waals surface area contributed by atoms with Crippen LogP contribution in [0.5, 0.6) is 0 Å². The van der Waals surface area contributed by atoms with Crippen molar-refractivity contribution in [2.24, 2.45) is 5.92 Å². The summed E-state index contributed by atoms with van der Waals surface area (Å²) < 4.78 is 17.2. The lowest BCUT2D eigenvalue weighted by atomic mass is 9.97. The minimum absolute atomic E-state index is 0.0178. The molecule has 0 spiro atoms. The van der Waals surface area contributed by atoms with Crippen molar-refractivity contribution in [2.75, 3.05) is 6.61 Å². The Labute approximate surface area is 143 Å². The normalized spacial score (nSPS) is 28.2. The van der Waals surface area contributed by atoms with Crippen LogP contribution in [0.2, 0.25) is 0 Å². The molecular formula is C19H27NO4. The number of amides is 1. The van der Waals surface area contributed by atoms with E-state index in [9.17, 15) is 4.79 Å². The van der Waals surface area contributed by atoms with Crippen molar-refractivity contribution in [3.63, 3.8) is 0 Å². The molecule has 0 radical (unpaired) electrons. The lowest BCUT2D eigenvalue weighted by Crippen LogP contribution is -2.49. The number of epoxide rings is 1. The highest BCUT2D eigenvalue weighted by Gasteiger charge is 2.55. The average Bonchev–Trinajstić information content (AvgIpc) is 3.31. The molecule has 0 N–H and O–H groups in total. The minimum Gasteiger partial charge on any atom is -0.444 e. The molecule has 0 bridgehead atoms. The highest BCUT2D eigenvalue weighted by molar-refractivity contribution is 5.69. The van der Waals surface area contributed by atoms with Gasteiger partial charge in [-0.25, -0.2) is 4.79 Å². The van der Waals surface area contributed by atoms with E-state index < -0.39 is 5.72 Å². The van der Waals surface area contributed by atoms with E-state index in [1.54, 1.807) is 4.90 Å². The van der Waals surface area contributed by atoms with Crippen molar-refractivity contribution < 1.29 is 19.0 Å². The number of ether oxygens (including phenoxy) is 3. The van der Waals surface area contributed by atoms with Gasteiger partial charge in [-0.1, -0.05) is 44.2 Å². The Kier molecular flexibility index (Phi) is 4.83. The van der Waals surface area contributed by atoms with E-state index in [0.717, 1.165) is 12.0 Å². The summed E-state index contributed by atoms with van der Waals surface area (Å²) in [5.41, 5.74) is 0.287. The summed E-state index contributed by atoms with van der Waals surface area (Å²) in [6.45, 7) is 9.14. The van der Waals surface area contributed by atoms with Gasteiger partial charge >= 0.3 is 6.09 Å². The third-order valence-electron chi connectivity index (χ3n) is 4.56. The Hall–Kier alpha value is -1.59. The van der Waals surface area contributed by atoms with Crippen molar-refractivity contribution in [3.8, 4) is 0 Å². The third-order valence-corrected chi connectivity index (χ3v) is 4.56. The molecule has 24 heavy (non-hydrogen) atoms. The fraction of sp³-hybridized carbons (Fsp3) is 0.632. The molecule has 2 aliphatic rings. The van der Waals surface area contributed by atoms with Crippen molar-refractivity contribution in [1.29, 1.82) is 0 Å². The van der Waals surface area contributed by atoms with Gasteiger partial charge in [0.05, 0.1) is 12.6 Å². The highest BCUT2D eigenvalue weighted by atomic mass is 16.6. The fourth-order valence-corrected chi connectivity index (χ4v) is 3.45. The first kappa shape index (κ1) is 17.2. The molecule has 0 saturated carbocycles. The van der Waals surface area contributed by atoms with Crippen molar-refractivity contribution >= 4 is 6.09 Å². The molecule has 5 nitrogen and oxygen atoms in total. The zero-order chi connectivity index (χ0) is 17.3. The summed E-state index contributed by atoms with van der Waals surface area (Å²) in [6, 6.07) is 9.70. The van der Waals surface area contributed by atoms with Gasteiger partial charge in [0.2, 0.25) is 0 Å². The number of hydrogen-bond donors (Lipinski definition) is 0. The topological polar surface area (TPSA) is 51.3 Å². The number of carbonyl (C=O) groups excluding carboxylic acids is 1. The van der Waals surface area contributed by atoms with E-state index in [-0.39, 0.29) is 30.9 Å². The molecule has 3 rings (SSSR count). The van der Waals surface area contributed by atoms with E-state index in [4.69, 9.17) is 14.2 Å². The smallest absolute Gasteiger partial charge is 0.412 e. The van der Waals surface area contributed by atoms with Gasteiger partial charge in [0.25, 0.3) is 0 Å². The van der Waals surface area contributed by atoms with Gasteiger partial charge < -0.3 is 14.2 Å². The minimum atomic E-state index is -0.691. The summed E-state index contributed by atoms with van der Waals surface area (Å²) >= 11 is 0. The molecule has 0 aliphatic carbocycles. The van der Waals surface area contributed by atoms with E-state index >= 15 is 0 Å². The fourth-order valence-electron chi connectivity index (χ4n) is 3.45. The monoisotopic (exact) mass is 333 g/mol. The molecule has 2 heterocycles. The molecule has 5 heteroatoms. The molecule has 1 amide bonds. The SMILES string of the molecule is CC(C)C[C@H]1[C@H]([C@@H]2CO2)OC(C)(C)N1C(=O)OCc1ccccc1. The van der Waals surface area contributed by atoms with E-state index in [0.29, 0.717) is 12.5 Å². The van der Waals surface area contributed by atoms with Crippen LogP contribution in [0.3, 0.4) is 0 Å². The maximum absolute atomic E-state index is 12.8. The predicted octanol–water partition coefficient (Wildman–Crippen LogP) is 3.57. The van der Waals surface area contributed by atoms with Gasteiger partial charge in [-0.3, -0.25) is 4.90 Å². The van der Waals surface area contributed by atoms with Gasteiger partial charge in [-0.05, 0) is 31.7 Å². The van der Waals surface area contributed by atoms with E-state index in [2.05, 4.69) is 13.8 Å². The lowest BCUT2D eigenvalue weighted by molar-refractivity contribution is -0.0755. The molecule has 1 aromatic carbocycles. The van der Waals surface area contributed by atoms with Crippen LogP contribution in [0.1, 0.15) is 39.7 Å². The molecule has 2 aliphatic heterocycles. The van der Waals surface area contributed by atoms with Crippen LogP contribution in [0.4, 0.5) is 4.79 Å². The highest BCUT2D eigenvalue weighted by Crippen LogP contribution is 2.40. The summed E-state index contributed by atoms with van der Waals surface area (Å²) in [5, 5.41) is 0. The van der Waals surface area contributed by atoms with Crippen LogP contribution in [0.15, 0.2) is 30.3 Å². The first-order chi connectivity index (χ1) is 11.4. The maximum atomic E-state index is 12.8. The third kappa shape index (κ3) is 3.73. The zero-order valence-corrected chi connectivity index (χ0v) is 14.9. The average molecular weight is 333 g/mol. The molecule has 2 fully saturated rings. The standard InChI is InChI=1S/C19H27NO4/c1-13(2)10-15-17(16-12-22-16)24-19(3,4)20(15)18(21)23-11-14-8-6-5-7-9-14/h5-9,13,15-17H,10-12H2,1-4H3/t15-,16-,17+/m0/s1. The van der Waals surface area contributed by atoms with Gasteiger partial charge in [0.15, 0.2) is 0 Å². The molecule has 132 valence electrons. The quantitative estimate of drug-likeness (QED) is 0.773. The van der Waals surface area contributed by atoms with Crippen LogP contribution >= 0.6 is 0 Å². The summed E-state index contributed by atoms with van der Waals surface area (Å²) in [6.07, 6.45) is 0.568. The number of nitrogens with zero attached hydrogens (tertiary/aromatic N) is 1. The Morgan fingerprint density at radius 1 is 1.33 bits per heavy atom. The van der Waals surface area contributed by atoms with Gasteiger partial charge in [0, 0.05) is 0 Å². The van der Waals surface area contributed by atoms with E-state index in [1.165, 1.54) is 0 Å². The largest absolute Gasteiger partial charge is 0.444 e. The second-order valence-electron chi connectivity index (χ2n) is 7.51. The van der Waals surface area contributed by atoms with Gasteiger partial charge in [-0.2, -0.15) is 0 Å². The first-order valence-corrected chi connectivity index (χ1v) is 8.68. The molecule has 1 aromatic rings. The van der Waals surface area contributed by atoms with Crippen molar-refractivity contribution in [2.45, 2.75) is 64.7 Å². The van der Waals surface area contributed by atoms with Crippen LogP contribution in [-0.4, -0.2) is 41.6 Å². The molecular weight excluding hydrogens is 306 g/mol. The van der Waals surface area contributed by atoms with Crippen LogP contribution in [-0.2, 0) is 20.8 Å². The van der Waals surface area contributed by atoms with Gasteiger partial charge in [0.1, 0.15) is 24.5 Å². The van der Waals surface area contributed by atoms with Crippen molar-refractivity contribution in [1.82, 2.24) is 4.90 Å². The van der Waals surface area contributed by atoms with Crippen LogP contribution in [0, 0.1) is 5.92 Å². The zero-order valence-electron chi connectivity index (χ0n) is 14.9. The second kappa shape index (κ2) is 6.73. The number of benzene rings is 1. The van der Waals surface area contributed by atoms with Gasteiger partial charge in [-0.15, -0.1) is 0 Å². The number of rotatable bonds is 5. The van der Waals surface area contributed by atoms with E-state index in [1.807, 2.05) is 44.2 Å². The lowest BCUT2D eigenvalue weighted by Gasteiger charge is -2.33. The number of carbonyl (C=O) groups is 1. The Morgan fingerprint density at radius 3 is 2.58 bits per heavy atom. The molecule has 0 unspecified atom stereocenters. The number of hydrogen-bond acceptors (Lipinski definition) is 4. The summed E-state index contributed by atoms with van der Waals surface area (Å²) in [4.78, 5) is 14.6. The molecule has 2 saturated heterocycles. The molecule has 0 aromatic heterocycles. The van der Waals surface area contributed by atoms with Crippen LogP contribution in [0.25, 0.3) is 0 Å².